The van der Waals surface area contributed by atoms with E-state index < -0.39 is 29.3 Å². The quantitative estimate of drug-likeness (QED) is 0.0266. The van der Waals surface area contributed by atoms with Gasteiger partial charge < -0.3 is 105 Å². The maximum absolute atomic E-state index is 13.4. The molecule has 0 aromatic rings. The number of hydrogen-bond acceptors (Lipinski definition) is 8. The van der Waals surface area contributed by atoms with Gasteiger partial charge in [0, 0.05) is 0 Å². The lowest BCUT2D eigenvalue weighted by Crippen LogP contribution is -3.00. The van der Waals surface area contributed by atoms with Crippen LogP contribution in [-0.2, 0) is 38.1 Å². The fraction of sp³-hybridized carbons (Fsp3) is 0.911. The first-order valence-electron chi connectivity index (χ1n) is 22.6. The highest BCUT2D eigenvalue weighted by atomic mass is 79.9. The van der Waals surface area contributed by atoms with Crippen LogP contribution in [-0.4, -0.2) is 177 Å². The molecule has 0 atom stereocenters. The van der Waals surface area contributed by atoms with E-state index in [-0.39, 0.29) is 121 Å². The Morgan fingerprint density at radius 2 is 0.508 bits per heavy atom. The summed E-state index contributed by atoms with van der Waals surface area (Å²) in [6, 6.07) is 0. The molecule has 12 nitrogen and oxygen atoms in total. The largest absolute Gasteiger partial charge is 1.00 e. The predicted molar refractivity (Wildman–Crippen MR) is 230 cm³/mol. The van der Waals surface area contributed by atoms with Crippen molar-refractivity contribution in [3.63, 3.8) is 0 Å². The summed E-state index contributed by atoms with van der Waals surface area (Å²) in [7, 11) is 16.1. The number of quaternary nitrogens is 4. The zero-order valence-electron chi connectivity index (χ0n) is 40.9. The lowest BCUT2D eigenvalue weighted by Gasteiger charge is -2.35. The van der Waals surface area contributed by atoms with E-state index >= 15 is 0 Å². The van der Waals surface area contributed by atoms with Gasteiger partial charge in [-0.1, -0.05) is 79.1 Å². The molecule has 0 aromatic carbocycles. The molecule has 368 valence electrons. The van der Waals surface area contributed by atoms with Gasteiger partial charge in [-0.3, -0.25) is 0 Å². The lowest BCUT2D eigenvalue weighted by molar-refractivity contribution is -0.883. The maximum Gasteiger partial charge on any atom is 0.361 e. The molecule has 0 unspecified atom stereocenters. The Morgan fingerprint density at radius 3 is 0.672 bits per heavy atom. The van der Waals surface area contributed by atoms with Crippen LogP contribution >= 0.6 is 0 Å². The van der Waals surface area contributed by atoms with Crippen LogP contribution in [0.4, 0.5) is 0 Å². The van der Waals surface area contributed by atoms with E-state index in [4.69, 9.17) is 18.9 Å². The average molecular weight is 1140 g/mol. The Hall–Kier alpha value is -0.360. The summed E-state index contributed by atoms with van der Waals surface area (Å²) in [5.74, 6) is -1.65. The van der Waals surface area contributed by atoms with Crippen LogP contribution in [0.1, 0.15) is 130 Å². The molecular formula is C45H92Br4N4O8. The third kappa shape index (κ3) is 38.6. The number of ether oxygens (including phenoxy) is 4. The molecule has 0 saturated carbocycles. The third-order valence-corrected chi connectivity index (χ3v) is 10.9. The summed E-state index contributed by atoms with van der Waals surface area (Å²) in [6.45, 7) is 11.7. The molecule has 0 amide bonds. The Morgan fingerprint density at radius 1 is 0.328 bits per heavy atom. The van der Waals surface area contributed by atoms with Gasteiger partial charge in [-0.15, -0.1) is 0 Å². The molecule has 0 spiro atoms. The molecule has 0 saturated heterocycles. The zero-order valence-corrected chi connectivity index (χ0v) is 47.2. The fourth-order valence-corrected chi connectivity index (χ4v) is 6.95. The molecule has 16 heteroatoms. The van der Waals surface area contributed by atoms with Crippen molar-refractivity contribution in [3.05, 3.63) is 0 Å². The summed E-state index contributed by atoms with van der Waals surface area (Å²) < 4.78 is 25.7. The molecule has 0 aliphatic carbocycles. The fourth-order valence-electron chi connectivity index (χ4n) is 6.95. The van der Waals surface area contributed by atoms with E-state index in [1.54, 1.807) is 0 Å². The van der Waals surface area contributed by atoms with Gasteiger partial charge in [0.15, 0.2) is 26.2 Å². The highest BCUT2D eigenvalue weighted by Gasteiger charge is 2.40. The van der Waals surface area contributed by atoms with E-state index in [2.05, 4.69) is 27.7 Å². The number of halogens is 4. The topological polar surface area (TPSA) is 105 Å². The van der Waals surface area contributed by atoms with Crippen molar-refractivity contribution in [3.8, 4) is 0 Å². The van der Waals surface area contributed by atoms with E-state index in [1.807, 2.05) is 56.4 Å². The van der Waals surface area contributed by atoms with Gasteiger partial charge in [0.2, 0.25) is 0 Å². The second kappa shape index (κ2) is 37.8. The Balaban J connectivity index is -0.00000261. The Labute approximate surface area is 416 Å². The minimum atomic E-state index is -1.30. The lowest BCUT2D eigenvalue weighted by atomic mass is 9.92. The second-order valence-corrected chi connectivity index (χ2v) is 19.7. The number of esters is 4. The molecular weight excluding hydrogens is 1040 g/mol. The summed E-state index contributed by atoms with van der Waals surface area (Å²) in [6.07, 6.45) is 17.6. The van der Waals surface area contributed by atoms with Crippen molar-refractivity contribution in [1.82, 2.24) is 0 Å². The summed E-state index contributed by atoms with van der Waals surface area (Å²) in [5.41, 5.74) is -1.30. The van der Waals surface area contributed by atoms with Crippen LogP contribution in [0.2, 0.25) is 0 Å². The van der Waals surface area contributed by atoms with Gasteiger partial charge in [0.25, 0.3) is 0 Å². The van der Waals surface area contributed by atoms with Crippen LogP contribution in [0.3, 0.4) is 0 Å². The number of carbonyl (C=O) groups excluding carboxylic acids is 4. The number of hydrogen-bond donors (Lipinski definition) is 0. The van der Waals surface area contributed by atoms with Gasteiger partial charge in [-0.2, -0.15) is 0 Å². The molecule has 0 rings (SSSR count). The van der Waals surface area contributed by atoms with Gasteiger partial charge in [0.05, 0.1) is 82.6 Å². The van der Waals surface area contributed by atoms with Crippen LogP contribution in [0.25, 0.3) is 0 Å². The number of unbranched alkanes of at least 4 members (excludes halogenated alkanes) is 12. The molecule has 0 heterocycles. The molecule has 0 aliphatic heterocycles. The van der Waals surface area contributed by atoms with E-state index in [0.717, 1.165) is 129 Å². The van der Waals surface area contributed by atoms with Crippen LogP contribution in [0, 0.1) is 5.41 Å². The summed E-state index contributed by atoms with van der Waals surface area (Å²) in [4.78, 5) is 53.8. The molecule has 0 radical (unpaired) electrons. The Kier molecular flexibility index (Phi) is 43.2. The minimum Gasteiger partial charge on any atom is -1.00 e. The average Bonchev–Trinajstić information content (AvgIpc) is 3.11. The van der Waals surface area contributed by atoms with Crippen molar-refractivity contribution in [2.24, 2.45) is 5.41 Å². The van der Waals surface area contributed by atoms with Gasteiger partial charge in [-0.25, -0.2) is 19.2 Å². The molecule has 0 bridgehead atoms. The van der Waals surface area contributed by atoms with Crippen LogP contribution in [0.5, 0.6) is 0 Å². The first-order chi connectivity index (χ1) is 26.6. The van der Waals surface area contributed by atoms with Gasteiger partial charge >= 0.3 is 23.9 Å². The highest BCUT2D eigenvalue weighted by molar-refractivity contribution is 5.72. The second-order valence-electron chi connectivity index (χ2n) is 19.7. The molecule has 0 N–H and O–H groups in total. The van der Waals surface area contributed by atoms with Crippen molar-refractivity contribution >= 4 is 23.9 Å². The van der Waals surface area contributed by atoms with Crippen molar-refractivity contribution in [1.29, 1.82) is 0 Å². The van der Waals surface area contributed by atoms with Crippen molar-refractivity contribution in [2.75, 3.05) is 135 Å². The van der Waals surface area contributed by atoms with Gasteiger partial charge in [-0.05, 0) is 51.4 Å². The van der Waals surface area contributed by atoms with E-state index in [1.165, 1.54) is 0 Å². The molecule has 0 fully saturated rings. The molecule has 61 heavy (non-hydrogen) atoms. The standard InChI is InChI=1S/C45H92N4O8.4BrH/c1-13-17-21-25-29-46(5,6)33-41(50)54-37-45(38-55-42(51)34-47(7,8)30-26-22-18-14-2,39-56-43(52)35-48(9,10)31-27-23-19-15-3)40-57-44(53)36-49(11,12)32-28-24-20-16-4;;;;/h13-40H2,1-12H3;4*1H/q+4;;;;/p-4. The number of rotatable bonds is 36. The Bertz CT molecular complexity index is 972. The number of carbonyl (C=O) groups is 4. The van der Waals surface area contributed by atoms with Gasteiger partial charge in [0.1, 0.15) is 31.8 Å². The van der Waals surface area contributed by atoms with Crippen molar-refractivity contribution < 1.29 is 124 Å². The summed E-state index contributed by atoms with van der Waals surface area (Å²) in [5, 5.41) is 0. The SMILES string of the molecule is CCCCCC[N+](C)(C)CC(=O)OCC(COC(=O)C[N+](C)(C)CCCCCC)(COC(=O)C[N+](C)(C)CCCCCC)COC(=O)C[N+](C)(C)CCCCCC.[Br-].[Br-].[Br-].[Br-]. The highest BCUT2D eigenvalue weighted by Crippen LogP contribution is 2.23. The van der Waals surface area contributed by atoms with Crippen molar-refractivity contribution in [2.45, 2.75) is 130 Å². The smallest absolute Gasteiger partial charge is 0.361 e. The molecule has 0 aromatic heterocycles. The predicted octanol–water partition coefficient (Wildman–Crippen LogP) is -5.21. The number of nitrogens with zero attached hydrogens (tertiary/aromatic N) is 4. The zero-order chi connectivity index (χ0) is 43.4. The summed E-state index contributed by atoms with van der Waals surface area (Å²) >= 11 is 0. The molecule has 0 aliphatic rings. The first-order valence-corrected chi connectivity index (χ1v) is 22.6. The van der Waals surface area contributed by atoms with E-state index in [0.29, 0.717) is 17.9 Å². The normalized spacial score (nSPS) is 11.9. The van der Waals surface area contributed by atoms with E-state index in [9.17, 15) is 19.2 Å². The monoisotopic (exact) mass is 1130 g/mol. The van der Waals surface area contributed by atoms with Crippen LogP contribution in [0.15, 0.2) is 0 Å². The van der Waals surface area contributed by atoms with Crippen LogP contribution < -0.4 is 67.9 Å². The maximum atomic E-state index is 13.4. The number of likely N-dealkylation sites (N-methyl/N-ethyl adjacent to an activating group) is 4. The first kappa shape index (κ1) is 69.7. The minimum absolute atomic E-state index is 0. The third-order valence-electron chi connectivity index (χ3n) is 10.9.